The number of hydrogen-bond acceptors (Lipinski definition) is 1. The van der Waals surface area contributed by atoms with Gasteiger partial charge in [-0.1, -0.05) is 12.1 Å². The Balaban J connectivity index is 2.66. The molecule has 66 valence electrons. The van der Waals surface area contributed by atoms with Gasteiger partial charge in [-0.3, -0.25) is 4.79 Å². The summed E-state index contributed by atoms with van der Waals surface area (Å²) < 4.78 is 0. The second kappa shape index (κ2) is 2.73. The molecule has 0 spiro atoms. The van der Waals surface area contributed by atoms with Crippen LogP contribution >= 0.6 is 0 Å². The molecule has 0 atom stereocenters. The molecular formula is C11H11NO. The van der Waals surface area contributed by atoms with Crippen LogP contribution in [0.5, 0.6) is 0 Å². The van der Waals surface area contributed by atoms with E-state index in [4.69, 9.17) is 0 Å². The molecule has 0 unspecified atom stereocenters. The lowest BCUT2D eigenvalue weighted by Gasteiger charge is -2.01. The minimum atomic E-state index is -0.00120. The van der Waals surface area contributed by atoms with Crippen LogP contribution in [0.1, 0.15) is 19.4 Å². The van der Waals surface area contributed by atoms with Crippen LogP contribution < -0.4 is 5.32 Å². The first-order chi connectivity index (χ1) is 6.18. The van der Waals surface area contributed by atoms with Crippen LogP contribution in [-0.2, 0) is 4.79 Å². The first-order valence-electron chi connectivity index (χ1n) is 4.28. The molecule has 0 saturated heterocycles. The Hall–Kier alpha value is -1.57. The fourth-order valence-corrected chi connectivity index (χ4v) is 1.44. The molecule has 13 heavy (non-hydrogen) atoms. The maximum Gasteiger partial charge on any atom is 0.251 e. The molecule has 1 aromatic carbocycles. The summed E-state index contributed by atoms with van der Waals surface area (Å²) in [6, 6.07) is 7.85. The van der Waals surface area contributed by atoms with E-state index in [1.165, 1.54) is 0 Å². The van der Waals surface area contributed by atoms with Gasteiger partial charge in [0.1, 0.15) is 0 Å². The summed E-state index contributed by atoms with van der Waals surface area (Å²) in [5, 5.41) is 2.83. The van der Waals surface area contributed by atoms with Crippen molar-refractivity contribution in [1.82, 2.24) is 0 Å². The van der Waals surface area contributed by atoms with Crippen LogP contribution in [-0.4, -0.2) is 5.91 Å². The van der Waals surface area contributed by atoms with Crippen molar-refractivity contribution in [2.45, 2.75) is 13.8 Å². The van der Waals surface area contributed by atoms with Gasteiger partial charge in [0, 0.05) is 11.3 Å². The molecular weight excluding hydrogens is 162 g/mol. The number of rotatable bonds is 0. The minimum Gasteiger partial charge on any atom is -0.322 e. The van der Waals surface area contributed by atoms with E-state index in [1.807, 2.05) is 38.1 Å². The number of amides is 1. The summed E-state index contributed by atoms with van der Waals surface area (Å²) in [7, 11) is 0. The van der Waals surface area contributed by atoms with Crippen molar-refractivity contribution in [3.05, 3.63) is 35.4 Å². The number of nitrogens with one attached hydrogen (secondary N) is 1. The largest absolute Gasteiger partial charge is 0.322 e. The van der Waals surface area contributed by atoms with Gasteiger partial charge >= 0.3 is 0 Å². The molecule has 1 aliphatic rings. The van der Waals surface area contributed by atoms with E-state index in [1.54, 1.807) is 0 Å². The Kier molecular flexibility index (Phi) is 1.69. The van der Waals surface area contributed by atoms with Crippen molar-refractivity contribution in [3.63, 3.8) is 0 Å². The van der Waals surface area contributed by atoms with Crippen molar-refractivity contribution >= 4 is 17.2 Å². The predicted molar refractivity (Wildman–Crippen MR) is 53.3 cm³/mol. The van der Waals surface area contributed by atoms with Crippen LogP contribution in [0.4, 0.5) is 5.69 Å². The topological polar surface area (TPSA) is 29.1 Å². The molecule has 2 heteroatoms. The predicted octanol–water partition coefficient (Wildman–Crippen LogP) is 2.43. The van der Waals surface area contributed by atoms with Gasteiger partial charge in [0.15, 0.2) is 0 Å². The molecule has 1 heterocycles. The molecule has 2 nitrogen and oxygen atoms in total. The fraction of sp³-hybridized carbons (Fsp3) is 0.182. The highest BCUT2D eigenvalue weighted by molar-refractivity contribution is 6.09. The molecule has 1 N–H and O–H groups in total. The van der Waals surface area contributed by atoms with Crippen molar-refractivity contribution in [2.24, 2.45) is 0 Å². The van der Waals surface area contributed by atoms with Crippen LogP contribution in [0, 0.1) is 0 Å². The summed E-state index contributed by atoms with van der Waals surface area (Å²) in [6.07, 6.45) is 0. The second-order valence-corrected chi connectivity index (χ2v) is 3.28. The number of carbonyl (C=O) groups is 1. The lowest BCUT2D eigenvalue weighted by molar-refractivity contribution is -0.112. The zero-order valence-electron chi connectivity index (χ0n) is 7.72. The van der Waals surface area contributed by atoms with Crippen molar-refractivity contribution < 1.29 is 4.79 Å². The van der Waals surface area contributed by atoms with E-state index < -0.39 is 0 Å². The van der Waals surface area contributed by atoms with Crippen molar-refractivity contribution in [1.29, 1.82) is 0 Å². The third kappa shape index (κ3) is 1.24. The molecule has 2 rings (SSSR count). The normalized spacial score (nSPS) is 15.4. The highest BCUT2D eigenvalue weighted by atomic mass is 16.1. The standard InChI is InChI=1S/C11H11NO/c1-7-8(2)11(13)12-10-5-3-4-9(7)6-10/h3-6H,1-2H3,(H,12,13). The number of fused-ring (bicyclic) bond motifs is 2. The summed E-state index contributed by atoms with van der Waals surface area (Å²) in [5.74, 6) is -0.00120. The van der Waals surface area contributed by atoms with E-state index in [-0.39, 0.29) is 5.91 Å². The number of anilines is 1. The first kappa shape index (κ1) is 8.05. The molecule has 2 bridgehead atoms. The molecule has 0 aromatic heterocycles. The highest BCUT2D eigenvalue weighted by Crippen LogP contribution is 2.25. The highest BCUT2D eigenvalue weighted by Gasteiger charge is 2.13. The Morgan fingerprint density at radius 1 is 1.15 bits per heavy atom. The summed E-state index contributed by atoms with van der Waals surface area (Å²) in [4.78, 5) is 11.5. The Bertz CT molecular complexity index is 404. The number of carbonyl (C=O) groups excluding carboxylic acids is 1. The summed E-state index contributed by atoms with van der Waals surface area (Å²) in [5.41, 5.74) is 3.84. The Morgan fingerprint density at radius 2 is 1.92 bits per heavy atom. The lowest BCUT2D eigenvalue weighted by Crippen LogP contribution is -2.11. The average Bonchev–Trinajstić information content (AvgIpc) is 2.20. The average molecular weight is 173 g/mol. The lowest BCUT2D eigenvalue weighted by atomic mass is 10.0. The molecule has 1 amide bonds. The zero-order valence-corrected chi connectivity index (χ0v) is 7.72. The van der Waals surface area contributed by atoms with Crippen LogP contribution in [0.3, 0.4) is 0 Å². The fourth-order valence-electron chi connectivity index (χ4n) is 1.44. The van der Waals surface area contributed by atoms with E-state index in [0.717, 1.165) is 22.4 Å². The van der Waals surface area contributed by atoms with Gasteiger partial charge in [-0.25, -0.2) is 0 Å². The van der Waals surface area contributed by atoms with Crippen LogP contribution in [0.25, 0.3) is 5.57 Å². The monoisotopic (exact) mass is 173 g/mol. The first-order valence-corrected chi connectivity index (χ1v) is 4.28. The van der Waals surface area contributed by atoms with Gasteiger partial charge in [0.2, 0.25) is 0 Å². The summed E-state index contributed by atoms with van der Waals surface area (Å²) in [6.45, 7) is 3.82. The zero-order chi connectivity index (χ0) is 9.42. The van der Waals surface area contributed by atoms with E-state index in [0.29, 0.717) is 0 Å². The molecule has 0 aliphatic carbocycles. The number of allylic oxidation sites excluding steroid dienone is 1. The molecule has 1 aromatic rings. The number of hydrogen-bond donors (Lipinski definition) is 1. The van der Waals surface area contributed by atoms with Crippen molar-refractivity contribution in [3.8, 4) is 0 Å². The smallest absolute Gasteiger partial charge is 0.251 e. The maximum absolute atomic E-state index is 11.5. The van der Waals surface area contributed by atoms with Crippen LogP contribution in [0.2, 0.25) is 0 Å². The Morgan fingerprint density at radius 3 is 2.69 bits per heavy atom. The molecule has 0 radical (unpaired) electrons. The molecule has 0 saturated carbocycles. The van der Waals surface area contributed by atoms with Gasteiger partial charge in [0.25, 0.3) is 5.91 Å². The van der Waals surface area contributed by atoms with E-state index in [2.05, 4.69) is 5.32 Å². The minimum absolute atomic E-state index is 0.00120. The quantitative estimate of drug-likeness (QED) is 0.641. The maximum atomic E-state index is 11.5. The van der Waals surface area contributed by atoms with E-state index in [9.17, 15) is 4.79 Å². The SMILES string of the molecule is CC1=C(C)c2cccc(c2)NC1=O. The van der Waals surface area contributed by atoms with Gasteiger partial charge in [-0.05, 0) is 37.1 Å². The van der Waals surface area contributed by atoms with Gasteiger partial charge < -0.3 is 5.32 Å². The summed E-state index contributed by atoms with van der Waals surface area (Å²) >= 11 is 0. The second-order valence-electron chi connectivity index (χ2n) is 3.28. The van der Waals surface area contributed by atoms with Crippen LogP contribution in [0.15, 0.2) is 29.8 Å². The van der Waals surface area contributed by atoms with Gasteiger partial charge in [-0.15, -0.1) is 0 Å². The third-order valence-electron chi connectivity index (χ3n) is 2.46. The third-order valence-corrected chi connectivity index (χ3v) is 2.46. The number of benzene rings is 1. The molecule has 1 aliphatic heterocycles. The van der Waals surface area contributed by atoms with Gasteiger partial charge in [0.05, 0.1) is 0 Å². The van der Waals surface area contributed by atoms with Crippen molar-refractivity contribution in [2.75, 3.05) is 5.32 Å². The van der Waals surface area contributed by atoms with Gasteiger partial charge in [-0.2, -0.15) is 0 Å². The molecule has 0 fully saturated rings. The Labute approximate surface area is 77.3 Å². The van der Waals surface area contributed by atoms with E-state index >= 15 is 0 Å².